The first kappa shape index (κ1) is 107. The summed E-state index contributed by atoms with van der Waals surface area (Å²) in [5.74, 6) is -9.38. The number of nitrogens with one attached hydrogen (secondary N) is 9. The third kappa shape index (κ3) is 25.0. The lowest BCUT2D eigenvalue weighted by molar-refractivity contribution is -0.145. The number of anilines is 1. The molecule has 0 radical (unpaired) electrons. The molecule has 754 valence electrons. The molecule has 15 amide bonds. The maximum atomic E-state index is 14.5. The summed E-state index contributed by atoms with van der Waals surface area (Å²) < 4.78 is 0. The molecule has 3 heterocycles. The number of fused-ring (bicyclic) bond motifs is 3. The quantitative estimate of drug-likeness (QED) is 0.0190. The maximum Gasteiger partial charge on any atom is 0.316 e. The van der Waals surface area contributed by atoms with Gasteiger partial charge in [0.05, 0.1) is 36.3 Å². The number of carbonyl (C=O) groups is 18. The topological polar surface area (TPSA) is 507 Å². The van der Waals surface area contributed by atoms with Crippen molar-refractivity contribution in [3.63, 3.8) is 0 Å². The zero-order valence-corrected chi connectivity index (χ0v) is 84.3. The second-order valence-electron chi connectivity index (χ2n) is 45.8. The summed E-state index contributed by atoms with van der Waals surface area (Å²) in [6.07, 6.45) is 10.9. The van der Waals surface area contributed by atoms with Gasteiger partial charge in [0.1, 0.15) is 36.3 Å². The molecule has 3 saturated heterocycles. The van der Waals surface area contributed by atoms with Gasteiger partial charge in [0.25, 0.3) is 17.7 Å². The summed E-state index contributed by atoms with van der Waals surface area (Å²) >= 11 is 0. The Balaban J connectivity index is 0.000000198. The van der Waals surface area contributed by atoms with Gasteiger partial charge < -0.3 is 84.7 Å². The summed E-state index contributed by atoms with van der Waals surface area (Å²) in [4.78, 5) is 245. The molecule has 0 spiro atoms. The highest BCUT2D eigenvalue weighted by Crippen LogP contribution is 2.67. The van der Waals surface area contributed by atoms with E-state index in [9.17, 15) is 86.3 Å². The van der Waals surface area contributed by atoms with Crippen LogP contribution in [-0.4, -0.2) is 227 Å². The van der Waals surface area contributed by atoms with E-state index in [4.69, 9.17) is 17.2 Å². The molecule has 0 aromatic heterocycles. The third-order valence-corrected chi connectivity index (χ3v) is 30.9. The molecular weight excluding hydrogens is 1760 g/mol. The first-order valence-electron chi connectivity index (χ1n) is 49.5. The van der Waals surface area contributed by atoms with Crippen molar-refractivity contribution in [2.75, 3.05) is 38.6 Å². The number of Topliss-reactive ketones (excluding diaryl/α,β-unsaturated/α-hetero) is 6. The van der Waals surface area contributed by atoms with E-state index in [1.807, 2.05) is 167 Å². The lowest BCUT2D eigenvalue weighted by Gasteiger charge is -2.38. The molecule has 13 rings (SSSR count). The monoisotopic (exact) mass is 1910 g/mol. The van der Waals surface area contributed by atoms with Gasteiger partial charge in [-0.1, -0.05) is 243 Å². The van der Waals surface area contributed by atoms with Crippen LogP contribution in [0, 0.1) is 111 Å². The van der Waals surface area contributed by atoms with Crippen molar-refractivity contribution in [1.82, 2.24) is 62.6 Å². The van der Waals surface area contributed by atoms with Crippen molar-refractivity contribution >= 4 is 112 Å². The van der Waals surface area contributed by atoms with Gasteiger partial charge in [-0.3, -0.25) is 71.9 Å². The molecule has 7 aliphatic carbocycles. The van der Waals surface area contributed by atoms with Crippen LogP contribution in [0.25, 0.3) is 0 Å². The van der Waals surface area contributed by atoms with E-state index in [-0.39, 0.29) is 116 Å². The third-order valence-electron chi connectivity index (χ3n) is 30.9. The molecule has 18 atom stereocenters. The Bertz CT molecular complexity index is 5120. The van der Waals surface area contributed by atoms with Gasteiger partial charge in [-0.25, -0.2) is 14.4 Å². The maximum absolute atomic E-state index is 14.5. The van der Waals surface area contributed by atoms with E-state index in [0.717, 1.165) is 81.9 Å². The fourth-order valence-electron chi connectivity index (χ4n) is 21.5. The number of hydrogen-bond donors (Lipinski definition) is 12. The van der Waals surface area contributed by atoms with Gasteiger partial charge in [-0.2, -0.15) is 0 Å². The molecule has 34 heteroatoms. The SMILES string of the molecule is CC(C)[C@H](NC(=O)N[C@H](C(=O)N1C[C@H]2[C@@H]([C@H]1C(=O)NC(CC1CC1)C(=O)C(N)=O)C2(C)C)C(C)(C)C)C(=O)c1ccc(N(C)C)cc1.CC(C)[C@H](NC(=O)N[C@H](C(=O)N1C[C@H]2[C@@H]([C@H]1C(=O)NC(CC1CC1)C(=O)C(N)=O)C2(C)C)C1CCCCC1)C(=O)c1ccccc1.Cc1ccc(C(=O)[C@@H](NC(=O)N[C@H](C(=O)N2C[C@H]3[C@@H]([C@H]2C(=O)NC(CC2CC2)C(=O)C(N)=O)C3(C)C)C(C)(C)C)C(C)C)cc1. The number of nitrogens with zero attached hydrogens (tertiary/aromatic N) is 4. The number of carbonyl (C=O) groups excluding carboxylic acids is 18. The minimum Gasteiger partial charge on any atom is -0.378 e. The lowest BCUT2D eigenvalue weighted by atomic mass is 9.83. The molecular formula is C104H150N16O18. The van der Waals surface area contributed by atoms with Crippen LogP contribution in [-0.2, 0) is 57.5 Å². The number of nitrogens with two attached hydrogens (primary N) is 3. The highest BCUT2D eigenvalue weighted by atomic mass is 16.2. The fraction of sp³-hybridized carbons (Fsp3) is 0.654. The van der Waals surface area contributed by atoms with Gasteiger partial charge in [0.2, 0.25) is 52.8 Å². The lowest BCUT2D eigenvalue weighted by Crippen LogP contribution is -2.62. The first-order valence-corrected chi connectivity index (χ1v) is 49.5. The summed E-state index contributed by atoms with van der Waals surface area (Å²) in [6.45, 7) is 37.2. The molecule has 15 N–H and O–H groups in total. The van der Waals surface area contributed by atoms with Crippen LogP contribution in [0.2, 0.25) is 0 Å². The largest absolute Gasteiger partial charge is 0.378 e. The van der Waals surface area contributed by atoms with E-state index >= 15 is 0 Å². The number of aryl methyl sites for hydroxylation is 1. The second kappa shape index (κ2) is 42.7. The smallest absolute Gasteiger partial charge is 0.316 e. The number of likely N-dealkylation sites (tertiary alicyclic amines) is 3. The van der Waals surface area contributed by atoms with Gasteiger partial charge in [0.15, 0.2) is 17.3 Å². The van der Waals surface area contributed by atoms with Crippen LogP contribution in [0.5, 0.6) is 0 Å². The molecule has 34 nitrogen and oxygen atoms in total. The Morgan fingerprint density at radius 3 is 0.949 bits per heavy atom. The zero-order chi connectivity index (χ0) is 102. The van der Waals surface area contributed by atoms with Crippen molar-refractivity contribution in [1.29, 1.82) is 0 Å². The molecule has 3 aliphatic heterocycles. The number of rotatable bonds is 38. The second-order valence-corrected chi connectivity index (χ2v) is 45.8. The molecule has 10 aliphatic rings. The van der Waals surface area contributed by atoms with Crippen LogP contribution in [0.4, 0.5) is 20.1 Å². The number of primary amides is 3. The standard InChI is InChI=1S/C35H52N6O6.C35H49N5O6.C34H49N5O6/c1-18(2)25(27(42)20-12-14-21(15-13-20)40(8)9)38-33(47)39-29(34(3,4)5)32(46)41-17-22-24(35(22,6)7)26(41)31(45)37-23(16-19-10-11-19)28(43)30(36)44;1-19(2)26(29(41)22-13-9-6-10-14-22)38-34(46)39-27(21-11-7-5-8-12-21)33(45)40-18-23-25(35(23,3)4)28(40)32(44)37-24(17-20-15-16-20)30(42)31(36)43;1-17(2)24(26(40)20-13-9-18(3)10-14-20)37-32(45)38-28(33(4,5)6)31(44)39-16-21-23(34(21,7)8)25(39)30(43)36-22(15-19-11-12-19)27(41)29(35)42/h12-15,18-19,22-26,29H,10-11,16-17H2,1-9H3,(H2,36,44)(H,37,45)(H2,38,39,47);6,9-10,13-14,19-21,23-28H,5,7-8,11-12,15-18H2,1-4H3,(H2,36,43)(H,37,44)(H2,38,39,46);9-10,13-14,17,19,21-25,28H,11-12,15-16H2,1-8H3,(H2,35,42)(H,36,43)(H2,37,38,45)/t22-,23?,24-,25-,26-,29+;23-,24?,25-,26-,27-,28-;21-,22?,23-,24-,25-,28+/m000/s1. The summed E-state index contributed by atoms with van der Waals surface area (Å²) in [5, 5.41) is 25.3. The average Bonchev–Trinajstić information content (AvgIpc) is 1.53. The van der Waals surface area contributed by atoms with Crippen LogP contribution in [0.1, 0.15) is 251 Å². The minimum absolute atomic E-state index is 0.0622. The predicted molar refractivity (Wildman–Crippen MR) is 518 cm³/mol. The molecule has 3 aromatic rings. The van der Waals surface area contributed by atoms with E-state index in [0.29, 0.717) is 55.6 Å². The number of hydrogen-bond acceptors (Lipinski definition) is 19. The van der Waals surface area contributed by atoms with Gasteiger partial charge >= 0.3 is 18.1 Å². The number of piperidine rings is 3. The fourth-order valence-corrected chi connectivity index (χ4v) is 21.5. The Morgan fingerprint density at radius 1 is 0.377 bits per heavy atom. The Labute approximate surface area is 811 Å². The van der Waals surface area contributed by atoms with Gasteiger partial charge in [-0.15, -0.1) is 0 Å². The van der Waals surface area contributed by atoms with E-state index in [2.05, 4.69) is 61.7 Å². The van der Waals surface area contributed by atoms with E-state index in [1.54, 1.807) is 53.4 Å². The van der Waals surface area contributed by atoms with Crippen molar-refractivity contribution in [3.8, 4) is 0 Å². The highest BCUT2D eigenvalue weighted by Gasteiger charge is 2.73. The van der Waals surface area contributed by atoms with Crippen LogP contribution in [0.3, 0.4) is 0 Å². The first-order chi connectivity index (χ1) is 64.4. The minimum atomic E-state index is -1.10. The van der Waals surface area contributed by atoms with Gasteiger partial charge in [-0.05, 0) is 167 Å². The predicted octanol–water partition coefficient (Wildman–Crippen LogP) is 8.20. The summed E-state index contributed by atoms with van der Waals surface area (Å²) in [7, 11) is 3.81. The van der Waals surface area contributed by atoms with Crippen molar-refractivity contribution in [2.45, 2.75) is 294 Å². The van der Waals surface area contributed by atoms with Crippen molar-refractivity contribution in [2.24, 2.45) is 121 Å². The number of urea groups is 3. The molecule has 3 unspecified atom stereocenters. The molecule has 0 bridgehead atoms. The van der Waals surface area contributed by atoms with Crippen LogP contribution >= 0.6 is 0 Å². The Hall–Kier alpha value is -11.5. The van der Waals surface area contributed by atoms with Crippen molar-refractivity contribution < 1.29 is 86.3 Å². The number of benzene rings is 3. The van der Waals surface area contributed by atoms with Gasteiger partial charge in [0, 0.05) is 56.1 Å². The summed E-state index contributed by atoms with van der Waals surface area (Å²) in [5.41, 5.74) is 17.2. The van der Waals surface area contributed by atoms with E-state index in [1.165, 1.54) is 9.80 Å². The molecule has 7 saturated carbocycles. The average molecular weight is 1910 g/mol. The normalized spacial score (nSPS) is 24.1. The molecule has 10 fully saturated rings. The number of amides is 15. The highest BCUT2D eigenvalue weighted by molar-refractivity contribution is 6.39. The Morgan fingerprint density at radius 2 is 0.667 bits per heavy atom. The zero-order valence-electron chi connectivity index (χ0n) is 84.3. The molecule has 138 heavy (non-hydrogen) atoms. The number of ketones is 6. The summed E-state index contributed by atoms with van der Waals surface area (Å²) in [6, 6.07) is 10.0. The molecule has 3 aromatic carbocycles. The Kier molecular flexibility index (Phi) is 33.1. The van der Waals surface area contributed by atoms with Crippen molar-refractivity contribution in [3.05, 3.63) is 101 Å². The van der Waals surface area contributed by atoms with Crippen LogP contribution in [0.15, 0.2) is 78.9 Å². The van der Waals surface area contributed by atoms with Crippen LogP contribution < -0.4 is 70.0 Å². The van der Waals surface area contributed by atoms with E-state index < -0.39 is 166 Å².